The molecule has 0 fully saturated rings. The van der Waals surface area contributed by atoms with Crippen LogP contribution < -0.4 is 10.2 Å². The van der Waals surface area contributed by atoms with Crippen molar-refractivity contribution in [2.75, 3.05) is 0 Å². The summed E-state index contributed by atoms with van der Waals surface area (Å²) in [5.74, 6) is 0.924. The summed E-state index contributed by atoms with van der Waals surface area (Å²) in [5, 5.41) is 0. The van der Waals surface area contributed by atoms with Crippen LogP contribution in [0.15, 0.2) is 22.7 Å². The second-order valence-corrected chi connectivity index (χ2v) is 9.45. The quantitative estimate of drug-likeness (QED) is 0.859. The monoisotopic (exact) mass is 273 g/mol. The Morgan fingerprint density at radius 2 is 2.00 bits per heavy atom. The van der Waals surface area contributed by atoms with Crippen LogP contribution in [0.25, 0.3) is 0 Å². The van der Waals surface area contributed by atoms with E-state index in [1.54, 1.807) is 0 Å². The van der Waals surface area contributed by atoms with Crippen LogP contribution >= 0.6 is 15.9 Å². The van der Waals surface area contributed by atoms with Gasteiger partial charge in [-0.05, 0) is 43.4 Å². The van der Waals surface area contributed by atoms with Crippen LogP contribution in [0.1, 0.15) is 5.56 Å². The predicted octanol–water partition coefficient (Wildman–Crippen LogP) is 3.12. The summed E-state index contributed by atoms with van der Waals surface area (Å²) in [7, 11) is -1.51. The van der Waals surface area contributed by atoms with E-state index in [4.69, 9.17) is 10.2 Å². The largest absolute Gasteiger partial charge is 0.544 e. The molecule has 0 saturated heterocycles. The first-order valence-corrected chi connectivity index (χ1v) is 8.80. The Morgan fingerprint density at radius 3 is 2.50 bits per heavy atom. The van der Waals surface area contributed by atoms with Crippen LogP contribution in [-0.2, 0) is 6.54 Å². The molecule has 2 nitrogen and oxygen atoms in total. The first kappa shape index (κ1) is 11.7. The molecule has 0 aliphatic rings. The minimum absolute atomic E-state index is 0.531. The molecule has 1 aromatic rings. The van der Waals surface area contributed by atoms with E-state index in [1.165, 1.54) is 0 Å². The maximum Gasteiger partial charge on any atom is 0.242 e. The molecule has 0 aliphatic heterocycles. The van der Waals surface area contributed by atoms with Gasteiger partial charge < -0.3 is 10.2 Å². The summed E-state index contributed by atoms with van der Waals surface area (Å²) >= 11 is 3.45. The van der Waals surface area contributed by atoms with E-state index in [0.29, 0.717) is 6.54 Å². The highest BCUT2D eigenvalue weighted by molar-refractivity contribution is 9.10. The Balaban J connectivity index is 2.90. The maximum absolute atomic E-state index is 5.86. The van der Waals surface area contributed by atoms with Gasteiger partial charge in [-0.3, -0.25) is 0 Å². The van der Waals surface area contributed by atoms with Gasteiger partial charge in [0.25, 0.3) is 0 Å². The first-order chi connectivity index (χ1) is 6.42. The van der Waals surface area contributed by atoms with E-state index >= 15 is 0 Å². The van der Waals surface area contributed by atoms with E-state index in [2.05, 4.69) is 35.6 Å². The molecule has 2 N–H and O–H groups in total. The van der Waals surface area contributed by atoms with Crippen molar-refractivity contribution in [1.82, 2.24) is 0 Å². The van der Waals surface area contributed by atoms with Crippen molar-refractivity contribution in [3.63, 3.8) is 0 Å². The summed E-state index contributed by atoms with van der Waals surface area (Å²) < 4.78 is 6.91. The van der Waals surface area contributed by atoms with E-state index in [0.717, 1.165) is 15.8 Å². The molecule has 1 aromatic carbocycles. The second-order valence-electron chi connectivity index (χ2n) is 4.17. The molecule has 1 rings (SSSR count). The molecule has 0 aromatic heterocycles. The Morgan fingerprint density at radius 1 is 1.36 bits per heavy atom. The topological polar surface area (TPSA) is 35.2 Å². The smallest absolute Gasteiger partial charge is 0.242 e. The molecule has 0 amide bonds. The summed E-state index contributed by atoms with van der Waals surface area (Å²) in [4.78, 5) is 0. The predicted molar refractivity (Wildman–Crippen MR) is 66.0 cm³/mol. The second kappa shape index (κ2) is 4.46. The van der Waals surface area contributed by atoms with E-state index in [9.17, 15) is 0 Å². The van der Waals surface area contributed by atoms with E-state index in [1.807, 2.05) is 18.2 Å². The highest BCUT2D eigenvalue weighted by Crippen LogP contribution is 2.24. The highest BCUT2D eigenvalue weighted by Gasteiger charge is 2.16. The SMILES string of the molecule is C[Si](C)(C)Oc1ccc(Br)c(CN)c1. The number of nitrogens with two attached hydrogens (primary N) is 1. The molecule has 0 atom stereocenters. The van der Waals surface area contributed by atoms with Gasteiger partial charge in [-0.25, -0.2) is 0 Å². The van der Waals surface area contributed by atoms with Crippen LogP contribution in [-0.4, -0.2) is 8.32 Å². The molecule has 0 bridgehead atoms. The molecule has 78 valence electrons. The molecule has 0 heterocycles. The molecular weight excluding hydrogens is 258 g/mol. The Bertz CT molecular complexity index is 322. The standard InChI is InChI=1S/C10H16BrNOSi/c1-14(2,3)13-9-4-5-10(11)8(6-9)7-12/h4-6H,7,12H2,1-3H3. The lowest BCUT2D eigenvalue weighted by Crippen LogP contribution is -2.29. The number of hydrogen-bond acceptors (Lipinski definition) is 2. The van der Waals surface area contributed by atoms with Crippen molar-refractivity contribution in [3.05, 3.63) is 28.2 Å². The van der Waals surface area contributed by atoms with Gasteiger partial charge >= 0.3 is 0 Å². The summed E-state index contributed by atoms with van der Waals surface area (Å²) in [5.41, 5.74) is 6.69. The van der Waals surface area contributed by atoms with Gasteiger partial charge in [0.2, 0.25) is 8.32 Å². The zero-order chi connectivity index (χ0) is 10.8. The average molecular weight is 274 g/mol. The first-order valence-electron chi connectivity index (χ1n) is 4.60. The van der Waals surface area contributed by atoms with Crippen LogP contribution in [0, 0.1) is 0 Å². The molecule has 4 heteroatoms. The molecule has 14 heavy (non-hydrogen) atoms. The van der Waals surface area contributed by atoms with Crippen LogP contribution in [0.5, 0.6) is 5.75 Å². The number of benzene rings is 1. The third-order valence-electron chi connectivity index (χ3n) is 1.66. The van der Waals surface area contributed by atoms with Gasteiger partial charge in [0.15, 0.2) is 0 Å². The zero-order valence-electron chi connectivity index (χ0n) is 8.80. The van der Waals surface area contributed by atoms with Crippen LogP contribution in [0.3, 0.4) is 0 Å². The summed E-state index contributed by atoms with van der Waals surface area (Å²) in [6.07, 6.45) is 0. The van der Waals surface area contributed by atoms with Gasteiger partial charge in [-0.2, -0.15) is 0 Å². The van der Waals surface area contributed by atoms with Crippen LogP contribution in [0.2, 0.25) is 19.6 Å². The van der Waals surface area contributed by atoms with E-state index in [-0.39, 0.29) is 0 Å². The summed E-state index contributed by atoms with van der Waals surface area (Å²) in [6, 6.07) is 5.96. The lowest BCUT2D eigenvalue weighted by atomic mass is 10.2. The Hall–Kier alpha value is -0.323. The average Bonchev–Trinajstić information content (AvgIpc) is 2.06. The lowest BCUT2D eigenvalue weighted by Gasteiger charge is -2.19. The van der Waals surface area contributed by atoms with Crippen molar-refractivity contribution in [2.24, 2.45) is 5.73 Å². The molecule has 0 saturated carbocycles. The molecule has 0 unspecified atom stereocenters. The Labute approximate surface area is 94.7 Å². The minimum Gasteiger partial charge on any atom is -0.544 e. The van der Waals surface area contributed by atoms with Crippen molar-refractivity contribution in [1.29, 1.82) is 0 Å². The fourth-order valence-electron chi connectivity index (χ4n) is 1.12. The van der Waals surface area contributed by atoms with Crippen molar-refractivity contribution >= 4 is 24.2 Å². The number of rotatable bonds is 3. The van der Waals surface area contributed by atoms with Crippen molar-refractivity contribution in [3.8, 4) is 5.75 Å². The van der Waals surface area contributed by atoms with Gasteiger partial charge in [-0.1, -0.05) is 15.9 Å². The van der Waals surface area contributed by atoms with Gasteiger partial charge in [0.1, 0.15) is 5.75 Å². The van der Waals surface area contributed by atoms with Gasteiger partial charge in [0.05, 0.1) is 0 Å². The third-order valence-corrected chi connectivity index (χ3v) is 3.28. The van der Waals surface area contributed by atoms with Gasteiger partial charge in [-0.15, -0.1) is 0 Å². The maximum atomic E-state index is 5.86. The summed E-state index contributed by atoms with van der Waals surface area (Å²) in [6.45, 7) is 7.02. The number of halogens is 1. The zero-order valence-corrected chi connectivity index (χ0v) is 11.4. The molecule has 0 aliphatic carbocycles. The molecule has 0 radical (unpaired) electrons. The number of hydrogen-bond donors (Lipinski definition) is 1. The molecular formula is C10H16BrNOSi. The minimum atomic E-state index is -1.51. The van der Waals surface area contributed by atoms with Crippen LogP contribution in [0.4, 0.5) is 0 Å². The normalized spacial score (nSPS) is 11.5. The highest BCUT2D eigenvalue weighted by atomic mass is 79.9. The van der Waals surface area contributed by atoms with E-state index < -0.39 is 8.32 Å². The molecule has 0 spiro atoms. The fraction of sp³-hybridized carbons (Fsp3) is 0.400. The van der Waals surface area contributed by atoms with Crippen molar-refractivity contribution < 1.29 is 4.43 Å². The Kier molecular flexibility index (Phi) is 3.75. The third kappa shape index (κ3) is 3.44. The van der Waals surface area contributed by atoms with Crippen molar-refractivity contribution in [2.45, 2.75) is 26.2 Å². The van der Waals surface area contributed by atoms with Gasteiger partial charge in [0, 0.05) is 11.0 Å². The lowest BCUT2D eigenvalue weighted by molar-refractivity contribution is 0.556. The fourth-order valence-corrected chi connectivity index (χ4v) is 2.37.